The topological polar surface area (TPSA) is 110 Å². The molecule has 3 rings (SSSR count). The fourth-order valence-electron chi connectivity index (χ4n) is 2.96. The third-order valence-electron chi connectivity index (χ3n) is 4.81. The van der Waals surface area contributed by atoms with Gasteiger partial charge in [0.2, 0.25) is 0 Å². The number of carbonyl (C=O) groups excluding carboxylic acids is 2. The zero-order valence-corrected chi connectivity index (χ0v) is 20.1. The largest absolute Gasteiger partial charge is 0.463 e. The molecule has 0 bridgehead atoms. The van der Waals surface area contributed by atoms with E-state index in [2.05, 4.69) is 15.2 Å². The van der Waals surface area contributed by atoms with Crippen molar-refractivity contribution in [2.75, 3.05) is 12.4 Å². The molecule has 0 unspecified atom stereocenters. The highest BCUT2D eigenvalue weighted by molar-refractivity contribution is 8.14. The van der Waals surface area contributed by atoms with Crippen LogP contribution in [-0.4, -0.2) is 40.4 Å². The number of nitrogens with one attached hydrogen (secondary N) is 1. The molecule has 0 amide bonds. The minimum absolute atomic E-state index is 0.0615. The predicted octanol–water partition coefficient (Wildman–Crippen LogP) is 5.11. The van der Waals surface area contributed by atoms with Gasteiger partial charge in [0, 0.05) is 11.1 Å². The van der Waals surface area contributed by atoms with Crippen molar-refractivity contribution in [3.05, 3.63) is 34.4 Å². The van der Waals surface area contributed by atoms with Crippen LogP contribution in [0.5, 0.6) is 0 Å². The second kappa shape index (κ2) is 9.05. The zero-order valence-electron chi connectivity index (χ0n) is 19.3. The van der Waals surface area contributed by atoms with E-state index in [1.165, 1.54) is 0 Å². The van der Waals surface area contributed by atoms with Gasteiger partial charge in [0.15, 0.2) is 0 Å². The van der Waals surface area contributed by atoms with Crippen molar-refractivity contribution in [2.45, 2.75) is 54.2 Å². The van der Waals surface area contributed by atoms with Gasteiger partial charge in [0.05, 0.1) is 28.1 Å². The van der Waals surface area contributed by atoms with Crippen molar-refractivity contribution in [1.82, 2.24) is 4.98 Å². The molecular formula is C23H29N3O5S. The van der Waals surface area contributed by atoms with E-state index in [9.17, 15) is 14.5 Å². The van der Waals surface area contributed by atoms with Crippen molar-refractivity contribution in [3.8, 4) is 0 Å². The Morgan fingerprint density at radius 3 is 2.38 bits per heavy atom. The average molecular weight is 460 g/mol. The van der Waals surface area contributed by atoms with E-state index in [-0.39, 0.29) is 36.9 Å². The first kappa shape index (κ1) is 24.0. The summed E-state index contributed by atoms with van der Waals surface area (Å²) in [7, 11) is 0. The number of aliphatic imine (C=N–C) groups is 1. The monoisotopic (exact) mass is 459 g/mol. The summed E-state index contributed by atoms with van der Waals surface area (Å²) in [4.78, 5) is 43.3. The van der Waals surface area contributed by atoms with Crippen molar-refractivity contribution >= 4 is 45.3 Å². The molecule has 9 heteroatoms. The number of hydrogen-bond donors (Lipinski definition) is 1. The molecule has 1 aliphatic heterocycles. The summed E-state index contributed by atoms with van der Waals surface area (Å²) in [5, 5.41) is 4.71. The van der Waals surface area contributed by atoms with Crippen molar-refractivity contribution < 1.29 is 19.1 Å². The van der Waals surface area contributed by atoms with E-state index in [0.29, 0.717) is 16.8 Å². The molecule has 0 saturated heterocycles. The molecule has 1 atom stereocenters. The first-order valence-electron chi connectivity index (χ1n) is 10.4. The number of aromatic nitrogens is 1. The quantitative estimate of drug-likeness (QED) is 0.475. The van der Waals surface area contributed by atoms with E-state index in [1.807, 2.05) is 32.9 Å². The number of ether oxygens (including phenoxy) is 2. The number of thioether (sulfide) groups is 1. The molecule has 32 heavy (non-hydrogen) atoms. The molecule has 1 aromatic heterocycles. The number of benzene rings is 1. The fourth-order valence-corrected chi connectivity index (χ4v) is 3.97. The van der Waals surface area contributed by atoms with Gasteiger partial charge in [-0.2, -0.15) is 0 Å². The summed E-state index contributed by atoms with van der Waals surface area (Å²) in [6.45, 7) is 11.1. The van der Waals surface area contributed by atoms with Crippen LogP contribution in [0, 0.1) is 15.7 Å². The molecule has 1 N–H and O–H groups in total. The first-order valence-corrected chi connectivity index (χ1v) is 11.4. The number of aromatic amines is 1. The van der Waals surface area contributed by atoms with Gasteiger partial charge < -0.3 is 14.5 Å². The Hall–Kier alpha value is -2.68. The number of nitrogens with zero attached hydrogens (tertiary/aromatic N) is 2. The summed E-state index contributed by atoms with van der Waals surface area (Å²) in [5.74, 6) is 0.135. The van der Waals surface area contributed by atoms with Gasteiger partial charge in [-0.05, 0) is 70.5 Å². The molecule has 0 radical (unpaired) electrons. The van der Waals surface area contributed by atoms with Crippen LogP contribution in [-0.2, 0) is 25.7 Å². The Morgan fingerprint density at radius 1 is 1.09 bits per heavy atom. The second-order valence-corrected chi connectivity index (χ2v) is 10.9. The van der Waals surface area contributed by atoms with Gasteiger partial charge in [0.25, 0.3) is 0 Å². The summed E-state index contributed by atoms with van der Waals surface area (Å²) in [6, 6.07) is 5.25. The standard InChI is InChI=1S/C23H29N3O5S/c1-22(2,3)20(27)30-10-13-7-14-9-17(25-18(14)16(8-13)26-29)19-24-15(12-32-19)11-31-21(28)23(4,5)6/h7-9,15,25H,10-12H2,1-6H3/t15-/m1/s1. The van der Waals surface area contributed by atoms with Crippen LogP contribution in [0.1, 0.15) is 52.8 Å². The maximum atomic E-state index is 12.1. The SMILES string of the molecule is CC(C)(C)C(=O)OCc1cc(N=O)c2[nH]c(C3=N[C@H](COC(=O)C(C)(C)C)CS3)cc2c1. The highest BCUT2D eigenvalue weighted by Crippen LogP contribution is 2.32. The summed E-state index contributed by atoms with van der Waals surface area (Å²) in [5.41, 5.74) is 1.15. The fraction of sp³-hybridized carbons (Fsp3) is 0.522. The van der Waals surface area contributed by atoms with Crippen LogP contribution in [0.4, 0.5) is 5.69 Å². The Balaban J connectivity index is 1.76. The number of H-pyrrole nitrogens is 1. The number of esters is 2. The van der Waals surface area contributed by atoms with Crippen LogP contribution in [0.25, 0.3) is 10.9 Å². The zero-order chi connectivity index (χ0) is 23.7. The number of rotatable bonds is 6. The Labute approximate surface area is 191 Å². The second-order valence-electron chi connectivity index (χ2n) is 9.93. The Bertz CT molecular complexity index is 1080. The summed E-state index contributed by atoms with van der Waals surface area (Å²) >= 11 is 1.56. The highest BCUT2D eigenvalue weighted by atomic mass is 32.2. The molecule has 172 valence electrons. The molecule has 1 aromatic carbocycles. The smallest absolute Gasteiger partial charge is 0.311 e. The van der Waals surface area contributed by atoms with Crippen molar-refractivity contribution in [1.29, 1.82) is 0 Å². The van der Waals surface area contributed by atoms with E-state index >= 15 is 0 Å². The number of hydrogen-bond acceptors (Lipinski definition) is 8. The van der Waals surface area contributed by atoms with E-state index in [4.69, 9.17) is 9.47 Å². The molecule has 2 heterocycles. The van der Waals surface area contributed by atoms with E-state index < -0.39 is 10.8 Å². The first-order chi connectivity index (χ1) is 14.9. The van der Waals surface area contributed by atoms with Gasteiger partial charge in [-0.15, -0.1) is 16.7 Å². The normalized spacial score (nSPS) is 16.7. The van der Waals surface area contributed by atoms with Gasteiger partial charge in [-0.25, -0.2) is 0 Å². The minimum atomic E-state index is -0.604. The molecule has 0 aliphatic carbocycles. The lowest BCUT2D eigenvalue weighted by Crippen LogP contribution is -2.26. The van der Waals surface area contributed by atoms with Crippen molar-refractivity contribution in [2.24, 2.45) is 21.0 Å². The lowest BCUT2D eigenvalue weighted by molar-refractivity contribution is -0.154. The molecule has 8 nitrogen and oxygen atoms in total. The molecular weight excluding hydrogens is 430 g/mol. The highest BCUT2D eigenvalue weighted by Gasteiger charge is 2.27. The van der Waals surface area contributed by atoms with Crippen LogP contribution in [0.2, 0.25) is 0 Å². The van der Waals surface area contributed by atoms with Gasteiger partial charge >= 0.3 is 11.9 Å². The lowest BCUT2D eigenvalue weighted by Gasteiger charge is -2.17. The number of carbonyl (C=O) groups is 2. The maximum absolute atomic E-state index is 12.1. The van der Waals surface area contributed by atoms with Crippen LogP contribution in [0.15, 0.2) is 28.4 Å². The molecule has 0 saturated carbocycles. The molecule has 2 aromatic rings. The number of fused-ring (bicyclic) bond motifs is 1. The van der Waals surface area contributed by atoms with Gasteiger partial charge in [0.1, 0.15) is 23.9 Å². The van der Waals surface area contributed by atoms with Gasteiger partial charge in [-0.1, -0.05) is 0 Å². The Kier molecular flexibility index (Phi) is 6.78. The van der Waals surface area contributed by atoms with Crippen molar-refractivity contribution in [3.63, 3.8) is 0 Å². The summed E-state index contributed by atoms with van der Waals surface area (Å²) < 4.78 is 10.8. The summed E-state index contributed by atoms with van der Waals surface area (Å²) in [6.07, 6.45) is 0. The minimum Gasteiger partial charge on any atom is -0.463 e. The maximum Gasteiger partial charge on any atom is 0.311 e. The molecule has 0 fully saturated rings. The van der Waals surface area contributed by atoms with E-state index in [0.717, 1.165) is 16.1 Å². The molecule has 0 spiro atoms. The average Bonchev–Trinajstić information content (AvgIpc) is 3.34. The van der Waals surface area contributed by atoms with Crippen LogP contribution in [0.3, 0.4) is 0 Å². The van der Waals surface area contributed by atoms with E-state index in [1.54, 1.807) is 38.6 Å². The lowest BCUT2D eigenvalue weighted by atomic mass is 9.97. The van der Waals surface area contributed by atoms with Crippen LogP contribution >= 0.6 is 11.8 Å². The van der Waals surface area contributed by atoms with Gasteiger partial charge in [-0.3, -0.25) is 14.6 Å². The Morgan fingerprint density at radius 2 is 1.75 bits per heavy atom. The number of nitroso groups, excluding NO2 is 1. The predicted molar refractivity (Wildman–Crippen MR) is 126 cm³/mol. The van der Waals surface area contributed by atoms with Crippen LogP contribution < -0.4 is 0 Å². The molecule has 1 aliphatic rings. The third-order valence-corrected chi connectivity index (χ3v) is 5.96. The third kappa shape index (κ3) is 5.56.